The largest absolute Gasteiger partial charge is 0.311 e. The maximum absolute atomic E-state index is 2.37. The van der Waals surface area contributed by atoms with Crippen LogP contribution in [0.4, 0.5) is 34.1 Å². The van der Waals surface area contributed by atoms with E-state index in [1.54, 1.807) is 0 Å². The van der Waals surface area contributed by atoms with Crippen molar-refractivity contribution in [2.75, 3.05) is 9.80 Å². The third-order valence-corrected chi connectivity index (χ3v) is 9.59. The summed E-state index contributed by atoms with van der Waals surface area (Å²) in [5.74, 6) is 0. The van der Waals surface area contributed by atoms with Crippen LogP contribution in [0.25, 0.3) is 43.4 Å². The molecule has 0 radical (unpaired) electrons. The molecule has 0 atom stereocenters. The molecular weight excluding hydrogens is 605 g/mol. The second-order valence-corrected chi connectivity index (χ2v) is 12.6. The highest BCUT2D eigenvalue weighted by atomic mass is 15.2. The SMILES string of the molecule is c1ccc(-c2cccc(N(c3ccc(N(c4ccccc4)c4ccccc4)cc3)c3ccc4c(ccc5c6ccccc6ccc45)c3)c2)cc1. The number of hydrogen-bond donors (Lipinski definition) is 0. The van der Waals surface area contributed by atoms with Crippen molar-refractivity contribution in [3.8, 4) is 11.1 Å². The van der Waals surface area contributed by atoms with E-state index in [-0.39, 0.29) is 0 Å². The van der Waals surface area contributed by atoms with Crippen molar-refractivity contribution in [1.82, 2.24) is 0 Å². The monoisotopic (exact) mass is 638 g/mol. The first kappa shape index (κ1) is 29.5. The number of anilines is 6. The summed E-state index contributed by atoms with van der Waals surface area (Å²) in [4.78, 5) is 4.67. The summed E-state index contributed by atoms with van der Waals surface area (Å²) in [7, 11) is 0. The summed E-state index contributed by atoms with van der Waals surface area (Å²) >= 11 is 0. The maximum Gasteiger partial charge on any atom is 0.0468 e. The second kappa shape index (κ2) is 12.8. The third-order valence-electron chi connectivity index (χ3n) is 9.59. The van der Waals surface area contributed by atoms with Gasteiger partial charge in [0.05, 0.1) is 0 Å². The van der Waals surface area contributed by atoms with Crippen LogP contribution in [0.1, 0.15) is 0 Å². The highest BCUT2D eigenvalue weighted by Crippen LogP contribution is 2.41. The van der Waals surface area contributed by atoms with E-state index in [4.69, 9.17) is 0 Å². The van der Waals surface area contributed by atoms with Gasteiger partial charge in [-0.3, -0.25) is 0 Å². The molecule has 0 heterocycles. The molecule has 50 heavy (non-hydrogen) atoms. The van der Waals surface area contributed by atoms with Gasteiger partial charge < -0.3 is 9.80 Å². The molecule has 0 spiro atoms. The highest BCUT2D eigenvalue weighted by molar-refractivity contribution is 6.17. The van der Waals surface area contributed by atoms with E-state index in [0.29, 0.717) is 0 Å². The molecule has 0 bridgehead atoms. The van der Waals surface area contributed by atoms with Crippen LogP contribution in [0.3, 0.4) is 0 Å². The number of fused-ring (bicyclic) bond motifs is 5. The van der Waals surface area contributed by atoms with Crippen molar-refractivity contribution in [2.45, 2.75) is 0 Å². The molecule has 9 rings (SSSR count). The molecule has 0 saturated heterocycles. The lowest BCUT2D eigenvalue weighted by Gasteiger charge is -2.29. The van der Waals surface area contributed by atoms with Crippen LogP contribution < -0.4 is 9.80 Å². The first-order valence-electron chi connectivity index (χ1n) is 17.1. The summed E-state index contributed by atoms with van der Waals surface area (Å²) in [6, 6.07) is 74.1. The molecule has 0 N–H and O–H groups in total. The fourth-order valence-corrected chi connectivity index (χ4v) is 7.21. The average molecular weight is 639 g/mol. The van der Waals surface area contributed by atoms with Crippen molar-refractivity contribution >= 4 is 66.4 Å². The Labute approximate surface area is 292 Å². The Morgan fingerprint density at radius 1 is 0.220 bits per heavy atom. The number of para-hydroxylation sites is 2. The van der Waals surface area contributed by atoms with Gasteiger partial charge in [0, 0.05) is 34.1 Å². The fourth-order valence-electron chi connectivity index (χ4n) is 7.21. The average Bonchev–Trinajstić information content (AvgIpc) is 3.20. The van der Waals surface area contributed by atoms with Crippen molar-refractivity contribution in [3.05, 3.63) is 206 Å². The van der Waals surface area contributed by atoms with Crippen LogP contribution >= 0.6 is 0 Å². The number of nitrogens with zero attached hydrogens (tertiary/aromatic N) is 2. The second-order valence-electron chi connectivity index (χ2n) is 12.6. The molecule has 0 fully saturated rings. The van der Waals surface area contributed by atoms with Gasteiger partial charge in [0.1, 0.15) is 0 Å². The molecule has 0 aliphatic rings. The van der Waals surface area contributed by atoms with Crippen LogP contribution in [-0.4, -0.2) is 0 Å². The standard InChI is InChI=1S/C48H34N2/c1-4-13-35(14-5-1)37-16-12-21-43(33-37)50(42-27-25-41(26-28-42)49(39-17-6-2-7-18-39)40-19-8-3-9-20-40)44-29-32-46-38(34-44)24-31-47-45-22-11-10-15-36(45)23-30-48(46)47/h1-34H. The molecule has 0 aliphatic carbocycles. The quantitative estimate of drug-likeness (QED) is 0.160. The minimum absolute atomic E-state index is 1.09. The Bertz CT molecular complexity index is 2540. The normalized spacial score (nSPS) is 11.2. The maximum atomic E-state index is 2.37. The Kier molecular flexibility index (Phi) is 7.53. The molecule has 0 aromatic heterocycles. The lowest BCUT2D eigenvalue weighted by molar-refractivity contribution is 1.26. The Morgan fingerprint density at radius 2 is 0.640 bits per heavy atom. The summed E-state index contributed by atoms with van der Waals surface area (Å²) in [6.07, 6.45) is 0. The van der Waals surface area contributed by atoms with E-state index in [0.717, 1.165) is 34.1 Å². The van der Waals surface area contributed by atoms with E-state index in [2.05, 4.69) is 216 Å². The number of hydrogen-bond acceptors (Lipinski definition) is 2. The summed E-state index contributed by atoms with van der Waals surface area (Å²) in [5.41, 5.74) is 9.02. The molecule has 0 aliphatic heterocycles. The fraction of sp³-hybridized carbons (Fsp3) is 0. The van der Waals surface area contributed by atoms with Gasteiger partial charge in [-0.1, -0.05) is 133 Å². The Balaban J connectivity index is 1.18. The summed E-state index contributed by atoms with van der Waals surface area (Å²) in [6.45, 7) is 0. The zero-order valence-electron chi connectivity index (χ0n) is 27.5. The topological polar surface area (TPSA) is 6.48 Å². The first-order chi connectivity index (χ1) is 24.8. The molecule has 9 aromatic carbocycles. The number of rotatable bonds is 7. The van der Waals surface area contributed by atoms with E-state index in [9.17, 15) is 0 Å². The van der Waals surface area contributed by atoms with E-state index in [1.165, 1.54) is 43.4 Å². The third kappa shape index (κ3) is 5.43. The molecule has 236 valence electrons. The summed E-state index contributed by atoms with van der Waals surface area (Å²) in [5, 5.41) is 7.58. The van der Waals surface area contributed by atoms with E-state index in [1.807, 2.05) is 0 Å². The molecule has 2 nitrogen and oxygen atoms in total. The van der Waals surface area contributed by atoms with E-state index < -0.39 is 0 Å². The lowest BCUT2D eigenvalue weighted by Crippen LogP contribution is -2.12. The van der Waals surface area contributed by atoms with Crippen LogP contribution in [0.15, 0.2) is 206 Å². The van der Waals surface area contributed by atoms with Gasteiger partial charge in [0.25, 0.3) is 0 Å². The lowest BCUT2D eigenvalue weighted by atomic mass is 9.96. The van der Waals surface area contributed by atoms with Crippen LogP contribution in [0.5, 0.6) is 0 Å². The molecule has 0 amide bonds. The van der Waals surface area contributed by atoms with Crippen LogP contribution in [0.2, 0.25) is 0 Å². The van der Waals surface area contributed by atoms with Gasteiger partial charge in [-0.2, -0.15) is 0 Å². The van der Waals surface area contributed by atoms with Gasteiger partial charge in [0.2, 0.25) is 0 Å². The van der Waals surface area contributed by atoms with Crippen LogP contribution in [-0.2, 0) is 0 Å². The zero-order valence-corrected chi connectivity index (χ0v) is 27.5. The minimum atomic E-state index is 1.09. The first-order valence-corrected chi connectivity index (χ1v) is 17.1. The van der Waals surface area contributed by atoms with Gasteiger partial charge >= 0.3 is 0 Å². The molecule has 2 heteroatoms. The zero-order chi connectivity index (χ0) is 33.3. The highest BCUT2D eigenvalue weighted by Gasteiger charge is 2.17. The predicted molar refractivity (Wildman–Crippen MR) is 214 cm³/mol. The van der Waals surface area contributed by atoms with Gasteiger partial charge in [-0.05, 0) is 116 Å². The summed E-state index contributed by atoms with van der Waals surface area (Å²) < 4.78 is 0. The van der Waals surface area contributed by atoms with Gasteiger partial charge in [0.15, 0.2) is 0 Å². The minimum Gasteiger partial charge on any atom is -0.311 e. The molecular formula is C48H34N2. The van der Waals surface area contributed by atoms with Gasteiger partial charge in [-0.25, -0.2) is 0 Å². The Morgan fingerprint density at radius 3 is 1.30 bits per heavy atom. The molecule has 0 unspecified atom stereocenters. The predicted octanol–water partition coefficient (Wildman–Crippen LogP) is 13.8. The number of benzene rings is 9. The van der Waals surface area contributed by atoms with Crippen LogP contribution in [0, 0.1) is 0 Å². The van der Waals surface area contributed by atoms with Crippen molar-refractivity contribution < 1.29 is 0 Å². The van der Waals surface area contributed by atoms with Crippen molar-refractivity contribution in [1.29, 1.82) is 0 Å². The smallest absolute Gasteiger partial charge is 0.0468 e. The van der Waals surface area contributed by atoms with Gasteiger partial charge in [-0.15, -0.1) is 0 Å². The molecule has 9 aromatic rings. The molecule has 0 saturated carbocycles. The van der Waals surface area contributed by atoms with Crippen molar-refractivity contribution in [3.63, 3.8) is 0 Å². The van der Waals surface area contributed by atoms with E-state index >= 15 is 0 Å². The Hall–Kier alpha value is -6.64. The van der Waals surface area contributed by atoms with Crippen molar-refractivity contribution in [2.24, 2.45) is 0 Å².